The molecule has 2 bridgehead atoms. The minimum absolute atomic E-state index is 0.0360. The Bertz CT molecular complexity index is 1120. The molecule has 4 rings (SSSR count). The van der Waals surface area contributed by atoms with Gasteiger partial charge in [0, 0.05) is 17.3 Å². The Balaban J connectivity index is 1.82. The summed E-state index contributed by atoms with van der Waals surface area (Å²) >= 11 is 1.63. The first-order valence-electron chi connectivity index (χ1n) is 14.5. The lowest BCUT2D eigenvalue weighted by Crippen LogP contribution is -2.61. The van der Waals surface area contributed by atoms with E-state index < -0.39 is 34.2 Å². The van der Waals surface area contributed by atoms with Crippen LogP contribution in [-0.2, 0) is 25.5 Å². The molecule has 0 radical (unpaired) electrons. The van der Waals surface area contributed by atoms with E-state index in [1.807, 2.05) is 35.2 Å². The molecule has 2 unspecified atom stereocenters. The molecule has 1 aromatic rings. The van der Waals surface area contributed by atoms with Gasteiger partial charge in [0.2, 0.25) is 11.8 Å². The highest BCUT2D eigenvalue weighted by molar-refractivity contribution is 8.02. The highest BCUT2D eigenvalue weighted by atomic mass is 32.2. The maximum atomic E-state index is 14.9. The number of esters is 1. The summed E-state index contributed by atoms with van der Waals surface area (Å²) in [5, 5.41) is 10.6. The van der Waals surface area contributed by atoms with Crippen molar-refractivity contribution in [3.05, 3.63) is 48.6 Å². The molecule has 2 amide bonds. The van der Waals surface area contributed by atoms with Crippen LogP contribution in [0.25, 0.3) is 0 Å². The van der Waals surface area contributed by atoms with E-state index in [0.29, 0.717) is 19.4 Å². The highest BCUT2D eigenvalue weighted by Crippen LogP contribution is 2.67. The van der Waals surface area contributed by atoms with Crippen LogP contribution in [0, 0.1) is 17.3 Å². The molecule has 7 nitrogen and oxygen atoms in total. The van der Waals surface area contributed by atoms with Crippen LogP contribution >= 0.6 is 11.8 Å². The van der Waals surface area contributed by atoms with Crippen LogP contribution in [0.15, 0.2) is 43.0 Å². The minimum atomic E-state index is -0.792. The molecule has 220 valence electrons. The number of likely N-dealkylation sites (tertiary alicyclic amines) is 1. The number of amides is 2. The van der Waals surface area contributed by atoms with E-state index in [9.17, 15) is 19.5 Å². The van der Waals surface area contributed by atoms with E-state index in [1.54, 1.807) is 29.7 Å². The molecular formula is C32H46N2O5S. The predicted molar refractivity (Wildman–Crippen MR) is 159 cm³/mol. The summed E-state index contributed by atoms with van der Waals surface area (Å²) in [7, 11) is 0. The Kier molecular flexibility index (Phi) is 8.82. The molecular weight excluding hydrogens is 524 g/mol. The van der Waals surface area contributed by atoms with Crippen molar-refractivity contribution < 1.29 is 24.2 Å². The Morgan fingerprint density at radius 1 is 1.25 bits per heavy atom. The molecule has 8 heteroatoms. The van der Waals surface area contributed by atoms with Crippen LogP contribution < -0.4 is 0 Å². The van der Waals surface area contributed by atoms with Crippen molar-refractivity contribution in [3.8, 4) is 0 Å². The molecule has 3 saturated heterocycles. The number of rotatable bonds is 11. The van der Waals surface area contributed by atoms with Crippen molar-refractivity contribution in [1.29, 1.82) is 0 Å². The summed E-state index contributed by atoms with van der Waals surface area (Å²) in [4.78, 5) is 46.1. The van der Waals surface area contributed by atoms with Crippen LogP contribution in [0.1, 0.15) is 66.4 Å². The van der Waals surface area contributed by atoms with Gasteiger partial charge in [-0.25, -0.2) is 0 Å². The van der Waals surface area contributed by atoms with Crippen molar-refractivity contribution in [2.75, 3.05) is 19.8 Å². The maximum Gasteiger partial charge on any atom is 0.310 e. The summed E-state index contributed by atoms with van der Waals surface area (Å²) < 4.78 is 4.72. The number of hydrogen-bond acceptors (Lipinski definition) is 6. The molecule has 0 aromatic heterocycles. The first-order valence-corrected chi connectivity index (χ1v) is 15.4. The zero-order valence-corrected chi connectivity index (χ0v) is 25.7. The summed E-state index contributed by atoms with van der Waals surface area (Å²) in [6.07, 6.45) is 4.34. The van der Waals surface area contributed by atoms with Gasteiger partial charge in [0.05, 0.1) is 35.8 Å². The van der Waals surface area contributed by atoms with Gasteiger partial charge in [-0.1, -0.05) is 57.2 Å². The fourth-order valence-corrected chi connectivity index (χ4v) is 9.90. The number of fused-ring (bicyclic) bond motifs is 1. The van der Waals surface area contributed by atoms with Crippen molar-refractivity contribution in [2.24, 2.45) is 17.3 Å². The minimum Gasteiger partial charge on any atom is -0.466 e. The van der Waals surface area contributed by atoms with E-state index in [1.165, 1.54) is 0 Å². The van der Waals surface area contributed by atoms with Gasteiger partial charge in [-0.3, -0.25) is 14.4 Å². The zero-order valence-electron chi connectivity index (χ0n) is 24.9. The van der Waals surface area contributed by atoms with Crippen LogP contribution in [0.2, 0.25) is 0 Å². The van der Waals surface area contributed by atoms with Crippen LogP contribution in [-0.4, -0.2) is 80.1 Å². The molecule has 6 atom stereocenters. The highest BCUT2D eigenvalue weighted by Gasteiger charge is 2.75. The number of hydrogen-bond donors (Lipinski definition) is 1. The van der Waals surface area contributed by atoms with Crippen LogP contribution in [0.5, 0.6) is 0 Å². The number of aliphatic hydroxyl groups excluding tert-OH is 1. The molecule has 1 N–H and O–H groups in total. The molecule has 3 aliphatic rings. The van der Waals surface area contributed by atoms with E-state index in [0.717, 1.165) is 18.4 Å². The van der Waals surface area contributed by atoms with Gasteiger partial charge in [0.15, 0.2) is 0 Å². The Labute approximate surface area is 243 Å². The first kappa shape index (κ1) is 30.6. The Morgan fingerprint density at radius 3 is 2.50 bits per heavy atom. The van der Waals surface area contributed by atoms with Gasteiger partial charge in [-0.15, -0.1) is 18.3 Å². The maximum absolute atomic E-state index is 14.9. The molecule has 1 spiro atoms. The van der Waals surface area contributed by atoms with E-state index in [2.05, 4.69) is 41.2 Å². The molecule has 3 heterocycles. The second kappa shape index (κ2) is 11.5. The van der Waals surface area contributed by atoms with Crippen LogP contribution in [0.4, 0.5) is 0 Å². The van der Waals surface area contributed by atoms with Crippen molar-refractivity contribution in [2.45, 2.75) is 94.8 Å². The monoisotopic (exact) mass is 570 g/mol. The standard InChI is InChI=1S/C32H46N2O5S/c1-8-17-33(31(6,7)20-30(3,4)5)28(37)26-32-16-15-23(40-32)24(29(38)39-9-2)25(32)27(36)34(26)22(19-35)18-21-13-11-10-12-14-21/h8,10-14,22-26,35H,1,9,15-20H2,2-7H3/t22-,23-,24+,25+,26?,32?/m1/s1. The van der Waals surface area contributed by atoms with E-state index in [-0.39, 0.29) is 41.7 Å². The van der Waals surface area contributed by atoms with Gasteiger partial charge in [-0.2, -0.15) is 0 Å². The summed E-state index contributed by atoms with van der Waals surface area (Å²) in [6.45, 7) is 16.7. The molecule has 40 heavy (non-hydrogen) atoms. The van der Waals surface area contributed by atoms with Crippen molar-refractivity contribution in [3.63, 3.8) is 0 Å². The topological polar surface area (TPSA) is 87.2 Å². The zero-order chi connectivity index (χ0) is 29.5. The fourth-order valence-electron chi connectivity index (χ4n) is 7.71. The quantitative estimate of drug-likeness (QED) is 0.312. The molecule has 0 saturated carbocycles. The van der Waals surface area contributed by atoms with Gasteiger partial charge in [0.1, 0.15) is 6.04 Å². The second-order valence-corrected chi connectivity index (χ2v) is 15.0. The van der Waals surface area contributed by atoms with Crippen molar-refractivity contribution >= 4 is 29.5 Å². The molecule has 3 fully saturated rings. The van der Waals surface area contributed by atoms with E-state index in [4.69, 9.17) is 4.74 Å². The number of nitrogens with zero attached hydrogens (tertiary/aromatic N) is 2. The normalized spacial score (nSPS) is 28.4. The first-order chi connectivity index (χ1) is 18.8. The van der Waals surface area contributed by atoms with Gasteiger partial charge in [0.25, 0.3) is 0 Å². The van der Waals surface area contributed by atoms with E-state index >= 15 is 0 Å². The summed E-state index contributed by atoms with van der Waals surface area (Å²) in [5.74, 6) is -1.93. The third-order valence-corrected chi connectivity index (χ3v) is 10.7. The predicted octanol–water partition coefficient (Wildman–Crippen LogP) is 4.47. The number of thioether (sulfide) groups is 1. The number of ether oxygens (including phenoxy) is 1. The number of benzene rings is 1. The largest absolute Gasteiger partial charge is 0.466 e. The summed E-state index contributed by atoms with van der Waals surface area (Å²) in [6, 6.07) is 8.34. The third-order valence-electron chi connectivity index (χ3n) is 8.72. The summed E-state index contributed by atoms with van der Waals surface area (Å²) in [5.41, 5.74) is 0.430. The van der Waals surface area contributed by atoms with Crippen LogP contribution in [0.3, 0.4) is 0 Å². The lowest BCUT2D eigenvalue weighted by molar-refractivity contribution is -0.154. The smallest absolute Gasteiger partial charge is 0.310 e. The molecule has 1 aromatic carbocycles. The van der Waals surface area contributed by atoms with Gasteiger partial charge >= 0.3 is 5.97 Å². The average molecular weight is 571 g/mol. The lowest BCUT2D eigenvalue weighted by atomic mass is 9.71. The number of carbonyl (C=O) groups excluding carboxylic acids is 3. The number of carbonyl (C=O) groups is 3. The second-order valence-electron chi connectivity index (χ2n) is 13.4. The Morgan fingerprint density at radius 2 is 1.93 bits per heavy atom. The fraction of sp³-hybridized carbons (Fsp3) is 0.656. The van der Waals surface area contributed by atoms with Gasteiger partial charge < -0.3 is 19.6 Å². The Hall–Kier alpha value is -2.32. The molecule has 0 aliphatic carbocycles. The number of aliphatic hydroxyl groups is 1. The van der Waals surface area contributed by atoms with Gasteiger partial charge in [-0.05, 0) is 57.4 Å². The third kappa shape index (κ3) is 5.46. The average Bonchev–Trinajstić information content (AvgIpc) is 3.52. The molecule has 3 aliphatic heterocycles. The SMILES string of the molecule is C=CCN(C(=O)C1N([C@@H](CO)Cc2ccccc2)C(=O)[C@@H]2[C@@H](C(=O)OCC)[C@H]3CCC12S3)C(C)(C)CC(C)(C)C. The lowest BCUT2D eigenvalue weighted by Gasteiger charge is -2.46. The van der Waals surface area contributed by atoms with Crippen molar-refractivity contribution in [1.82, 2.24) is 9.80 Å².